The molecule has 1 heterocycles. The van der Waals surface area contributed by atoms with Gasteiger partial charge in [-0.05, 0) is 24.1 Å². The van der Waals surface area contributed by atoms with E-state index in [4.69, 9.17) is 0 Å². The maximum atomic E-state index is 13.1. The van der Waals surface area contributed by atoms with Gasteiger partial charge in [0.05, 0.1) is 5.69 Å². The Labute approximate surface area is 104 Å². The summed E-state index contributed by atoms with van der Waals surface area (Å²) >= 11 is 0. The first-order valence-corrected chi connectivity index (χ1v) is 5.67. The summed E-state index contributed by atoms with van der Waals surface area (Å²) in [7, 11) is 1.74. The van der Waals surface area contributed by atoms with Gasteiger partial charge in [-0.1, -0.05) is 6.92 Å². The fourth-order valence-corrected chi connectivity index (χ4v) is 1.97. The highest BCUT2D eigenvalue weighted by atomic mass is 19.1. The zero-order chi connectivity index (χ0) is 13.3. The molecular weight excluding hydrogens is 238 g/mol. The average Bonchev–Trinajstić information content (AvgIpc) is 2.68. The van der Waals surface area contributed by atoms with Crippen molar-refractivity contribution in [3.8, 4) is 0 Å². The highest BCUT2D eigenvalue weighted by Gasteiger charge is 2.18. The van der Waals surface area contributed by atoms with E-state index in [0.717, 1.165) is 23.9 Å². The van der Waals surface area contributed by atoms with Crippen LogP contribution in [-0.2, 0) is 13.5 Å². The van der Waals surface area contributed by atoms with Gasteiger partial charge in [-0.3, -0.25) is 4.68 Å². The zero-order valence-corrected chi connectivity index (χ0v) is 10.2. The third-order valence-electron chi connectivity index (χ3n) is 2.77. The highest BCUT2D eigenvalue weighted by molar-refractivity contribution is 5.32. The predicted octanol–water partition coefficient (Wildman–Crippen LogP) is 2.34. The molecule has 2 aromatic rings. The number of aromatic nitrogens is 2. The van der Waals surface area contributed by atoms with Crippen LogP contribution in [0.1, 0.15) is 29.8 Å². The number of benzene rings is 1. The van der Waals surface area contributed by atoms with Gasteiger partial charge in [0.2, 0.25) is 0 Å². The Morgan fingerprint density at radius 2 is 1.89 bits per heavy atom. The van der Waals surface area contributed by atoms with Crippen LogP contribution in [0.3, 0.4) is 0 Å². The van der Waals surface area contributed by atoms with E-state index >= 15 is 0 Å². The van der Waals surface area contributed by atoms with Gasteiger partial charge in [-0.2, -0.15) is 5.10 Å². The third kappa shape index (κ3) is 2.41. The molecule has 0 fully saturated rings. The molecule has 0 aliphatic rings. The Kier molecular flexibility index (Phi) is 3.43. The van der Waals surface area contributed by atoms with E-state index in [1.165, 1.54) is 0 Å². The molecule has 0 saturated heterocycles. The first-order valence-electron chi connectivity index (χ1n) is 5.67. The number of hydrogen-bond donors (Lipinski definition) is 1. The smallest absolute Gasteiger partial charge is 0.126 e. The van der Waals surface area contributed by atoms with Gasteiger partial charge < -0.3 is 5.11 Å². The van der Waals surface area contributed by atoms with Crippen LogP contribution in [0.15, 0.2) is 24.4 Å². The van der Waals surface area contributed by atoms with Crippen LogP contribution < -0.4 is 0 Å². The molecular formula is C13H14F2N2O. The summed E-state index contributed by atoms with van der Waals surface area (Å²) in [6.07, 6.45) is 1.23. The van der Waals surface area contributed by atoms with Crippen molar-refractivity contribution in [3.05, 3.63) is 52.9 Å². The van der Waals surface area contributed by atoms with Crippen LogP contribution in [0.4, 0.5) is 8.78 Å². The minimum Gasteiger partial charge on any atom is -0.384 e. The van der Waals surface area contributed by atoms with E-state index in [1.54, 1.807) is 17.9 Å². The maximum Gasteiger partial charge on any atom is 0.126 e. The quantitative estimate of drug-likeness (QED) is 0.910. The average molecular weight is 252 g/mol. The summed E-state index contributed by atoms with van der Waals surface area (Å²) in [5.41, 5.74) is 1.48. The summed E-state index contributed by atoms with van der Waals surface area (Å²) in [4.78, 5) is 0. The van der Waals surface area contributed by atoms with E-state index in [9.17, 15) is 13.9 Å². The van der Waals surface area contributed by atoms with E-state index in [2.05, 4.69) is 5.10 Å². The van der Waals surface area contributed by atoms with Crippen LogP contribution in [-0.4, -0.2) is 14.9 Å². The Bertz CT molecular complexity index is 546. The van der Waals surface area contributed by atoms with Gasteiger partial charge in [-0.25, -0.2) is 8.78 Å². The van der Waals surface area contributed by atoms with Crippen LogP contribution in [0.25, 0.3) is 0 Å². The topological polar surface area (TPSA) is 38.0 Å². The SMILES string of the molecule is CCc1nn(C)cc1C(O)c1cc(F)cc(F)c1. The molecule has 0 radical (unpaired) electrons. The lowest BCUT2D eigenvalue weighted by Gasteiger charge is -2.11. The lowest BCUT2D eigenvalue weighted by Crippen LogP contribution is -2.03. The van der Waals surface area contributed by atoms with Crippen molar-refractivity contribution in [2.75, 3.05) is 0 Å². The van der Waals surface area contributed by atoms with Crippen LogP contribution in [0, 0.1) is 11.6 Å². The number of aliphatic hydroxyl groups is 1. The summed E-state index contributed by atoms with van der Waals surface area (Å²) < 4.78 is 27.8. The van der Waals surface area contributed by atoms with E-state index < -0.39 is 17.7 Å². The molecule has 1 aromatic carbocycles. The van der Waals surface area contributed by atoms with Gasteiger partial charge in [0.1, 0.15) is 17.7 Å². The molecule has 1 atom stereocenters. The Morgan fingerprint density at radius 3 is 2.44 bits per heavy atom. The Morgan fingerprint density at radius 1 is 1.28 bits per heavy atom. The fraction of sp³-hybridized carbons (Fsp3) is 0.308. The Hall–Kier alpha value is -1.75. The second-order valence-electron chi connectivity index (χ2n) is 4.16. The highest BCUT2D eigenvalue weighted by Crippen LogP contribution is 2.25. The molecule has 1 unspecified atom stereocenters. The lowest BCUT2D eigenvalue weighted by molar-refractivity contribution is 0.218. The fourth-order valence-electron chi connectivity index (χ4n) is 1.97. The van der Waals surface area contributed by atoms with Crippen LogP contribution in [0.5, 0.6) is 0 Å². The molecule has 0 spiro atoms. The van der Waals surface area contributed by atoms with Crippen LogP contribution in [0.2, 0.25) is 0 Å². The normalized spacial score (nSPS) is 12.7. The lowest BCUT2D eigenvalue weighted by atomic mass is 10.0. The van der Waals surface area contributed by atoms with E-state index in [0.29, 0.717) is 12.0 Å². The Balaban J connectivity index is 2.43. The number of hydrogen-bond acceptors (Lipinski definition) is 2. The van der Waals surface area contributed by atoms with Crippen molar-refractivity contribution >= 4 is 0 Å². The minimum atomic E-state index is -1.07. The van der Waals surface area contributed by atoms with Gasteiger partial charge in [0.15, 0.2) is 0 Å². The molecule has 0 bridgehead atoms. The van der Waals surface area contributed by atoms with Crippen molar-refractivity contribution in [2.45, 2.75) is 19.4 Å². The molecule has 1 N–H and O–H groups in total. The van der Waals surface area contributed by atoms with E-state index in [1.807, 2.05) is 6.92 Å². The number of rotatable bonds is 3. The first kappa shape index (κ1) is 12.7. The molecule has 0 aliphatic heterocycles. The van der Waals surface area contributed by atoms with Crippen molar-refractivity contribution in [1.29, 1.82) is 0 Å². The molecule has 18 heavy (non-hydrogen) atoms. The van der Waals surface area contributed by atoms with Gasteiger partial charge in [0, 0.05) is 24.9 Å². The molecule has 5 heteroatoms. The van der Waals surface area contributed by atoms with Crippen molar-refractivity contribution in [2.24, 2.45) is 7.05 Å². The molecule has 2 rings (SSSR count). The third-order valence-corrected chi connectivity index (χ3v) is 2.77. The monoisotopic (exact) mass is 252 g/mol. The second kappa shape index (κ2) is 4.86. The molecule has 3 nitrogen and oxygen atoms in total. The van der Waals surface area contributed by atoms with Gasteiger partial charge >= 0.3 is 0 Å². The van der Waals surface area contributed by atoms with E-state index in [-0.39, 0.29) is 5.56 Å². The number of aryl methyl sites for hydroxylation is 2. The van der Waals surface area contributed by atoms with Crippen molar-refractivity contribution < 1.29 is 13.9 Å². The molecule has 0 amide bonds. The largest absolute Gasteiger partial charge is 0.384 e. The second-order valence-corrected chi connectivity index (χ2v) is 4.16. The summed E-state index contributed by atoms with van der Waals surface area (Å²) in [5, 5.41) is 14.4. The summed E-state index contributed by atoms with van der Waals surface area (Å²) in [6.45, 7) is 1.91. The minimum absolute atomic E-state index is 0.190. The van der Waals surface area contributed by atoms with Gasteiger partial charge in [0.25, 0.3) is 0 Å². The zero-order valence-electron chi connectivity index (χ0n) is 10.2. The summed E-state index contributed by atoms with van der Waals surface area (Å²) in [6, 6.07) is 3.03. The molecule has 96 valence electrons. The molecule has 0 aliphatic carbocycles. The number of halogens is 2. The van der Waals surface area contributed by atoms with Crippen molar-refractivity contribution in [1.82, 2.24) is 9.78 Å². The molecule has 1 aromatic heterocycles. The summed E-state index contributed by atoms with van der Waals surface area (Å²) in [5.74, 6) is -1.41. The number of aliphatic hydroxyl groups excluding tert-OH is 1. The van der Waals surface area contributed by atoms with Crippen LogP contribution >= 0.6 is 0 Å². The maximum absolute atomic E-state index is 13.1. The van der Waals surface area contributed by atoms with Crippen molar-refractivity contribution in [3.63, 3.8) is 0 Å². The first-order chi connectivity index (χ1) is 8.51. The van der Waals surface area contributed by atoms with Gasteiger partial charge in [-0.15, -0.1) is 0 Å². The number of nitrogens with zero attached hydrogens (tertiary/aromatic N) is 2. The molecule has 0 saturated carbocycles. The standard InChI is InChI=1S/C13H14F2N2O/c1-3-12-11(7-17(2)16-12)13(18)8-4-9(14)6-10(15)5-8/h4-7,13,18H,3H2,1-2H3. The predicted molar refractivity (Wildman–Crippen MR) is 63.0 cm³/mol.